The summed E-state index contributed by atoms with van der Waals surface area (Å²) in [6, 6.07) is 0. The molecule has 3 amide bonds. The van der Waals surface area contributed by atoms with E-state index in [-0.39, 0.29) is 5.91 Å². The van der Waals surface area contributed by atoms with Crippen molar-refractivity contribution in [2.45, 2.75) is 26.8 Å². The molecule has 0 radical (unpaired) electrons. The zero-order chi connectivity index (χ0) is 18.8. The molecule has 0 bridgehead atoms. The average molecular weight is 395 g/mol. The van der Waals surface area contributed by atoms with Crippen molar-refractivity contribution in [2.24, 2.45) is 5.73 Å². The monoisotopic (exact) mass is 395 g/mol. The molecule has 138 valence electrons. The van der Waals surface area contributed by atoms with Crippen molar-refractivity contribution < 1.29 is 19.1 Å². The molecular formula is C15H17N5O4S2. The zero-order valence-electron chi connectivity index (χ0n) is 14.2. The van der Waals surface area contributed by atoms with Crippen molar-refractivity contribution in [2.75, 3.05) is 18.5 Å². The number of nitrogens with zero attached hydrogens (tertiary/aromatic N) is 3. The number of aromatic nitrogens is 2. The van der Waals surface area contributed by atoms with Crippen LogP contribution in [0.25, 0.3) is 0 Å². The summed E-state index contributed by atoms with van der Waals surface area (Å²) in [5.41, 5.74) is 7.13. The van der Waals surface area contributed by atoms with Crippen LogP contribution in [0.4, 0.5) is 9.80 Å². The van der Waals surface area contributed by atoms with Gasteiger partial charge in [0.05, 0.1) is 24.4 Å². The van der Waals surface area contributed by atoms with E-state index >= 15 is 0 Å². The normalized spacial score (nSPS) is 13.2. The molecule has 11 heteroatoms. The van der Waals surface area contributed by atoms with Gasteiger partial charge in [-0.25, -0.2) is 4.79 Å². The molecule has 2 aromatic rings. The maximum atomic E-state index is 12.4. The van der Waals surface area contributed by atoms with Crippen molar-refractivity contribution in [1.82, 2.24) is 14.5 Å². The molecule has 0 saturated carbocycles. The van der Waals surface area contributed by atoms with Gasteiger partial charge < -0.3 is 20.7 Å². The van der Waals surface area contributed by atoms with Gasteiger partial charge in [-0.15, -0.1) is 16.4 Å². The topological polar surface area (TPSA) is 128 Å². The molecular weight excluding hydrogens is 378 g/mol. The molecule has 9 nitrogen and oxygen atoms in total. The van der Waals surface area contributed by atoms with E-state index in [1.807, 2.05) is 0 Å². The molecule has 26 heavy (non-hydrogen) atoms. The Morgan fingerprint density at radius 2 is 2.15 bits per heavy atom. The summed E-state index contributed by atoms with van der Waals surface area (Å²) in [7, 11) is 0. The van der Waals surface area contributed by atoms with Gasteiger partial charge in [-0.3, -0.25) is 9.59 Å². The van der Waals surface area contributed by atoms with Gasteiger partial charge in [0.1, 0.15) is 9.88 Å². The number of ether oxygens (including phenoxy) is 1. The van der Waals surface area contributed by atoms with Crippen molar-refractivity contribution in [3.63, 3.8) is 0 Å². The molecule has 1 aliphatic rings. The number of anilines is 1. The van der Waals surface area contributed by atoms with Gasteiger partial charge in [0, 0.05) is 11.4 Å². The van der Waals surface area contributed by atoms with Crippen molar-refractivity contribution in [3.05, 3.63) is 26.6 Å². The maximum Gasteiger partial charge on any atom is 0.410 e. The number of amides is 3. The first-order valence-corrected chi connectivity index (χ1v) is 9.47. The third-order valence-corrected chi connectivity index (χ3v) is 5.87. The molecule has 0 fully saturated rings. The highest BCUT2D eigenvalue weighted by atomic mass is 32.1. The predicted molar refractivity (Wildman–Crippen MR) is 96.6 cm³/mol. The second-order valence-corrected chi connectivity index (χ2v) is 7.44. The van der Waals surface area contributed by atoms with Crippen LogP contribution in [0.3, 0.4) is 0 Å². The number of fused-ring (bicyclic) bond motifs is 1. The van der Waals surface area contributed by atoms with E-state index in [1.54, 1.807) is 18.7 Å². The predicted octanol–water partition coefficient (Wildman–Crippen LogP) is 1.77. The lowest BCUT2D eigenvalue weighted by atomic mass is 10.0. The fourth-order valence-corrected chi connectivity index (χ4v) is 4.54. The fourth-order valence-electron chi connectivity index (χ4n) is 2.72. The smallest absolute Gasteiger partial charge is 0.410 e. The van der Waals surface area contributed by atoms with E-state index in [1.165, 1.54) is 11.3 Å². The number of thiophene rings is 1. The number of primary amides is 1. The zero-order valence-corrected chi connectivity index (χ0v) is 15.8. The molecule has 3 heterocycles. The molecule has 3 rings (SSSR count). The standard InChI is InChI=1S/C15H17N5O4S2/c1-3-24-15(23)20-5-4-8-9(6-20)25-14(10(8)12(16)21)17-13(22)11-7(2)18-19-26-11/h3-6H2,1-2H3,(H2,16,21)(H,17,22). The molecule has 0 spiro atoms. The van der Waals surface area contributed by atoms with Gasteiger partial charge in [0.25, 0.3) is 11.8 Å². The second kappa shape index (κ2) is 7.38. The minimum Gasteiger partial charge on any atom is -0.450 e. The third kappa shape index (κ3) is 3.40. The van der Waals surface area contributed by atoms with Crippen LogP contribution in [0.2, 0.25) is 0 Å². The van der Waals surface area contributed by atoms with Crippen LogP contribution in [0.1, 0.15) is 43.1 Å². The Morgan fingerprint density at radius 3 is 2.77 bits per heavy atom. The Morgan fingerprint density at radius 1 is 1.38 bits per heavy atom. The van der Waals surface area contributed by atoms with E-state index in [4.69, 9.17) is 10.5 Å². The second-order valence-electron chi connectivity index (χ2n) is 5.58. The summed E-state index contributed by atoms with van der Waals surface area (Å²) in [6.07, 6.45) is 0.0732. The Kier molecular flexibility index (Phi) is 5.18. The van der Waals surface area contributed by atoms with Crippen LogP contribution in [-0.2, 0) is 17.7 Å². The number of carbonyl (C=O) groups is 3. The van der Waals surface area contributed by atoms with E-state index in [2.05, 4.69) is 14.9 Å². The molecule has 0 atom stereocenters. The van der Waals surface area contributed by atoms with Gasteiger partial charge in [-0.1, -0.05) is 4.49 Å². The number of nitrogens with one attached hydrogen (secondary N) is 1. The van der Waals surface area contributed by atoms with Gasteiger partial charge in [0.2, 0.25) is 0 Å². The summed E-state index contributed by atoms with van der Waals surface area (Å²) in [6.45, 7) is 4.46. The lowest BCUT2D eigenvalue weighted by Crippen LogP contribution is -2.36. The molecule has 3 N–H and O–H groups in total. The average Bonchev–Trinajstić information content (AvgIpc) is 3.17. The molecule has 1 aliphatic heterocycles. The lowest BCUT2D eigenvalue weighted by Gasteiger charge is -2.26. The van der Waals surface area contributed by atoms with Gasteiger partial charge >= 0.3 is 6.09 Å². The highest BCUT2D eigenvalue weighted by Crippen LogP contribution is 2.37. The molecule has 0 aliphatic carbocycles. The molecule has 0 saturated heterocycles. The van der Waals surface area contributed by atoms with Crippen LogP contribution >= 0.6 is 22.9 Å². The van der Waals surface area contributed by atoms with E-state index in [0.29, 0.717) is 47.3 Å². The van der Waals surface area contributed by atoms with Crippen LogP contribution in [0, 0.1) is 6.92 Å². The summed E-state index contributed by atoms with van der Waals surface area (Å²) < 4.78 is 8.76. The Balaban J connectivity index is 1.88. The summed E-state index contributed by atoms with van der Waals surface area (Å²) in [5, 5.41) is 6.93. The summed E-state index contributed by atoms with van der Waals surface area (Å²) >= 11 is 2.22. The first kappa shape index (κ1) is 18.3. The van der Waals surface area contributed by atoms with Crippen LogP contribution < -0.4 is 11.1 Å². The summed E-state index contributed by atoms with van der Waals surface area (Å²) in [4.78, 5) is 39.1. The molecule has 2 aromatic heterocycles. The first-order valence-electron chi connectivity index (χ1n) is 7.88. The van der Waals surface area contributed by atoms with Gasteiger partial charge in [0.15, 0.2) is 0 Å². The Hall–Kier alpha value is -2.53. The number of hydrogen-bond donors (Lipinski definition) is 2. The number of hydrogen-bond acceptors (Lipinski definition) is 8. The molecule has 0 aromatic carbocycles. The Labute approximate surface area is 157 Å². The van der Waals surface area contributed by atoms with Gasteiger partial charge in [-0.05, 0) is 37.4 Å². The number of nitrogens with two attached hydrogens (primary N) is 1. The first-order chi connectivity index (χ1) is 12.4. The van der Waals surface area contributed by atoms with Crippen molar-refractivity contribution in [3.8, 4) is 0 Å². The maximum absolute atomic E-state index is 12.4. The quantitative estimate of drug-likeness (QED) is 0.812. The molecule has 0 unspecified atom stereocenters. The lowest BCUT2D eigenvalue weighted by molar-refractivity contribution is 0.0997. The number of aryl methyl sites for hydroxylation is 1. The SMILES string of the molecule is CCOC(=O)N1CCc2c(sc(NC(=O)c3snnc3C)c2C(N)=O)C1. The third-order valence-electron chi connectivity index (χ3n) is 3.91. The highest BCUT2D eigenvalue weighted by molar-refractivity contribution is 7.17. The summed E-state index contributed by atoms with van der Waals surface area (Å²) in [5.74, 6) is -0.998. The van der Waals surface area contributed by atoms with E-state index in [0.717, 1.165) is 22.0 Å². The highest BCUT2D eigenvalue weighted by Gasteiger charge is 2.30. The van der Waals surface area contributed by atoms with Crippen LogP contribution in [0.15, 0.2) is 0 Å². The van der Waals surface area contributed by atoms with Crippen molar-refractivity contribution >= 4 is 45.8 Å². The van der Waals surface area contributed by atoms with Crippen LogP contribution in [-0.4, -0.2) is 45.5 Å². The Bertz CT molecular complexity index is 876. The van der Waals surface area contributed by atoms with Crippen molar-refractivity contribution in [1.29, 1.82) is 0 Å². The minimum atomic E-state index is -0.610. The number of carbonyl (C=O) groups excluding carboxylic acids is 3. The van der Waals surface area contributed by atoms with E-state index < -0.39 is 12.0 Å². The van der Waals surface area contributed by atoms with Crippen LogP contribution in [0.5, 0.6) is 0 Å². The minimum absolute atomic E-state index is 0.294. The van der Waals surface area contributed by atoms with Gasteiger partial charge in [-0.2, -0.15) is 0 Å². The van der Waals surface area contributed by atoms with E-state index in [9.17, 15) is 14.4 Å². The fraction of sp³-hybridized carbons (Fsp3) is 0.400. The number of rotatable bonds is 4. The largest absolute Gasteiger partial charge is 0.450 e.